The molecule has 0 atom stereocenters. The first-order valence-corrected chi connectivity index (χ1v) is 6.62. The summed E-state index contributed by atoms with van der Waals surface area (Å²) in [5, 5.41) is 40.3. The fourth-order valence-corrected chi connectivity index (χ4v) is 1.77. The van der Waals surface area contributed by atoms with Crippen molar-refractivity contribution in [3.8, 4) is 0 Å². The number of aromatic carboxylic acids is 2. The van der Waals surface area contributed by atoms with Crippen molar-refractivity contribution in [1.82, 2.24) is 0 Å². The first-order chi connectivity index (χ1) is 12.3. The fourth-order valence-electron chi connectivity index (χ4n) is 1.77. The molecule has 184 valence electrons. The number of benzene rings is 2. The van der Waals surface area contributed by atoms with Crippen LogP contribution in [0.3, 0.4) is 0 Å². The Labute approximate surface area is 222 Å². The van der Waals surface area contributed by atoms with E-state index in [9.17, 15) is 39.9 Å². The third-order valence-corrected chi connectivity index (χ3v) is 2.89. The smallest absolute Gasteiger partial charge is 0.661 e. The maximum atomic E-state index is 10.7. The van der Waals surface area contributed by atoms with Crippen LogP contribution in [0.2, 0.25) is 0 Å². The largest absolute Gasteiger partial charge is 2.00 e. The van der Waals surface area contributed by atoms with E-state index in [0.29, 0.717) is 0 Å². The Hall–Kier alpha value is -2.47. The number of rotatable bonds is 4. The number of carboxylic acids is 2. The minimum Gasteiger partial charge on any atom is -0.661 e. The zero-order valence-corrected chi connectivity index (χ0v) is 19.9. The van der Waals surface area contributed by atoms with E-state index in [-0.39, 0.29) is 101 Å². The van der Waals surface area contributed by atoms with Crippen LogP contribution >= 0.6 is 0 Å². The second-order valence-electron chi connectivity index (χ2n) is 4.41. The summed E-state index contributed by atoms with van der Waals surface area (Å²) in [6, 6.07) is 10.3. The molecule has 0 saturated heterocycles. The van der Waals surface area contributed by atoms with Crippen LogP contribution in [0.5, 0.6) is 0 Å². The summed E-state index contributed by atoms with van der Waals surface area (Å²) in [6.07, 6.45) is 0. The molecule has 2 aromatic rings. The van der Waals surface area contributed by atoms with Crippen LogP contribution in [-0.4, -0.2) is 103 Å². The normalized spacial score (nSPS) is 7.12. The molecule has 2 rings (SSSR count). The van der Waals surface area contributed by atoms with Gasteiger partial charge in [-0.15, -0.1) is 0 Å². The Kier molecular flexibility index (Phi) is 41.8. The molecule has 0 unspecified atom stereocenters. The number of carboxylic acid groups (broad SMARTS) is 2. The van der Waals surface area contributed by atoms with Gasteiger partial charge < -0.3 is 72.9 Å². The van der Waals surface area contributed by atoms with Crippen molar-refractivity contribution in [1.29, 1.82) is 0 Å². The van der Waals surface area contributed by atoms with Crippen molar-refractivity contribution < 1.29 is 82.5 Å². The average molecular weight is 517 g/mol. The van der Waals surface area contributed by atoms with Crippen LogP contribution in [0.1, 0.15) is 41.4 Å². The predicted octanol–water partition coefficient (Wildman–Crippen LogP) is -8.75. The number of hydrogen-bond acceptors (Lipinski definition) is 10. The van der Waals surface area contributed by atoms with Crippen molar-refractivity contribution in [2.75, 3.05) is 0 Å². The molecule has 0 aromatic heterocycles. The predicted molar refractivity (Wildman–Crippen MR) is 106 cm³/mol. The number of hydrogen-bond donors (Lipinski definition) is 0. The molecule has 18 heteroatoms. The monoisotopic (exact) mass is 516 g/mol. The molecule has 12 N–H and O–H groups in total. The van der Waals surface area contributed by atoms with E-state index in [1.807, 2.05) is 0 Å². The minimum atomic E-state index is -1.53. The summed E-state index contributed by atoms with van der Waals surface area (Å²) in [6.45, 7) is 0. The molecular weight excluding hydrogens is 497 g/mol. The second-order valence-corrected chi connectivity index (χ2v) is 4.41. The van der Waals surface area contributed by atoms with Crippen molar-refractivity contribution in [3.63, 3.8) is 0 Å². The summed E-state index contributed by atoms with van der Waals surface area (Å²) in [4.78, 5) is 48.6. The Morgan fingerprint density at radius 3 is 0.882 bits per heavy atom. The Morgan fingerprint density at radius 1 is 0.500 bits per heavy atom. The van der Waals surface area contributed by atoms with Gasteiger partial charge in [0.15, 0.2) is 0 Å². The SMILES string of the molecule is O.O.O.O.O.O.O=C([O-])c1ccccc1C(=O)O[O-].O=C([O-])c1ccccc1C(=O)O[O-].[Mg+2].[Mg+2]. The second kappa shape index (κ2) is 26.8. The van der Waals surface area contributed by atoms with Gasteiger partial charge in [-0.2, -0.15) is 0 Å². The Bertz CT molecular complexity index is 776. The number of carbonyl (C=O) groups is 4. The van der Waals surface area contributed by atoms with Gasteiger partial charge in [-0.1, -0.05) is 36.4 Å². The van der Waals surface area contributed by atoms with E-state index in [1.54, 1.807) is 0 Å². The third kappa shape index (κ3) is 15.4. The molecule has 0 fully saturated rings. The minimum absolute atomic E-state index is 0. The van der Waals surface area contributed by atoms with E-state index in [0.717, 1.165) is 12.1 Å². The maximum absolute atomic E-state index is 10.7. The van der Waals surface area contributed by atoms with E-state index in [2.05, 4.69) is 9.78 Å². The van der Waals surface area contributed by atoms with Crippen molar-refractivity contribution >= 4 is 70.0 Å². The van der Waals surface area contributed by atoms with Gasteiger partial charge >= 0.3 is 58.0 Å². The topological polar surface area (TPSA) is 368 Å². The molecule has 34 heavy (non-hydrogen) atoms. The van der Waals surface area contributed by atoms with Gasteiger partial charge in [-0.25, -0.2) is 9.59 Å². The van der Waals surface area contributed by atoms with Crippen molar-refractivity contribution in [2.24, 2.45) is 0 Å². The van der Waals surface area contributed by atoms with Crippen molar-refractivity contribution in [2.45, 2.75) is 0 Å². The quantitative estimate of drug-likeness (QED) is 0.209. The standard InChI is InChI=1S/2C8H6O5.2Mg.6H2O/c2*9-7(10)5-3-1-2-4-6(5)8(11)13-12;;;;;;;;/h2*1-4,12H,(H,9,10);;;6*1H2/q;;2*+2;;;;;;/p-4. The van der Waals surface area contributed by atoms with Gasteiger partial charge in [0.25, 0.3) is 0 Å². The van der Waals surface area contributed by atoms with Crippen LogP contribution in [0.25, 0.3) is 0 Å². The van der Waals surface area contributed by atoms with Gasteiger partial charge in [0.2, 0.25) is 0 Å². The average Bonchev–Trinajstić information content (AvgIpc) is 2.67. The van der Waals surface area contributed by atoms with E-state index < -0.39 is 23.9 Å². The number of carbonyl (C=O) groups excluding carboxylic acids is 4. The summed E-state index contributed by atoms with van der Waals surface area (Å²) in [7, 11) is 0. The summed E-state index contributed by atoms with van der Waals surface area (Å²) in [5.41, 5.74) is -1.33. The molecular formula is C16H20Mg2O16. The summed E-state index contributed by atoms with van der Waals surface area (Å²) < 4.78 is 0. The van der Waals surface area contributed by atoms with Gasteiger partial charge in [-0.3, -0.25) is 0 Å². The van der Waals surface area contributed by atoms with Gasteiger partial charge in [-0.05, 0) is 12.1 Å². The first kappa shape index (κ1) is 53.1. The van der Waals surface area contributed by atoms with Crippen LogP contribution in [0.4, 0.5) is 0 Å². The van der Waals surface area contributed by atoms with Gasteiger partial charge in [0.1, 0.15) is 0 Å². The van der Waals surface area contributed by atoms with E-state index in [1.165, 1.54) is 36.4 Å². The molecule has 0 heterocycles. The molecule has 0 amide bonds. The fraction of sp³-hybridized carbons (Fsp3) is 0. The summed E-state index contributed by atoms with van der Waals surface area (Å²) in [5.74, 6) is -5.53. The molecule has 0 radical (unpaired) electrons. The van der Waals surface area contributed by atoms with Crippen molar-refractivity contribution in [3.05, 3.63) is 70.8 Å². The van der Waals surface area contributed by atoms with Crippen LogP contribution in [0, 0.1) is 0 Å². The molecule has 0 bridgehead atoms. The molecule has 0 saturated carbocycles. The van der Waals surface area contributed by atoms with Crippen LogP contribution < -0.4 is 20.7 Å². The maximum Gasteiger partial charge on any atom is 2.00 e. The molecule has 0 aliphatic rings. The molecule has 0 aliphatic carbocycles. The summed E-state index contributed by atoms with van der Waals surface area (Å²) >= 11 is 0. The Morgan fingerprint density at radius 2 is 0.706 bits per heavy atom. The van der Waals surface area contributed by atoms with E-state index >= 15 is 0 Å². The Balaban J connectivity index is -0.0000000537. The van der Waals surface area contributed by atoms with Crippen LogP contribution in [0.15, 0.2) is 48.5 Å². The molecule has 0 aliphatic heterocycles. The first-order valence-electron chi connectivity index (χ1n) is 6.62. The zero-order valence-electron chi connectivity index (χ0n) is 17.1. The molecule has 2 aromatic carbocycles. The van der Waals surface area contributed by atoms with Gasteiger partial charge in [0.05, 0.1) is 23.1 Å². The molecule has 16 nitrogen and oxygen atoms in total. The van der Waals surface area contributed by atoms with E-state index in [4.69, 9.17) is 0 Å². The molecule has 0 spiro atoms. The zero-order chi connectivity index (χ0) is 19.7. The third-order valence-electron chi connectivity index (χ3n) is 2.89. The van der Waals surface area contributed by atoms with Gasteiger partial charge in [0, 0.05) is 11.1 Å². The van der Waals surface area contributed by atoms with Crippen LogP contribution in [-0.2, 0) is 9.78 Å².